The first-order valence-electron chi connectivity index (χ1n) is 8.52. The molecular formula is C17H35N. The minimum absolute atomic E-state index is 0.969. The zero-order valence-electron chi connectivity index (χ0n) is 13.0. The van der Waals surface area contributed by atoms with Crippen LogP contribution in [-0.4, -0.2) is 13.1 Å². The molecule has 0 aromatic rings. The Morgan fingerprint density at radius 1 is 0.889 bits per heavy atom. The van der Waals surface area contributed by atoms with Gasteiger partial charge in [-0.05, 0) is 50.1 Å². The molecule has 0 spiro atoms. The molecule has 18 heavy (non-hydrogen) atoms. The zero-order valence-corrected chi connectivity index (χ0v) is 13.0. The van der Waals surface area contributed by atoms with E-state index in [0.29, 0.717) is 0 Å². The maximum atomic E-state index is 3.66. The van der Waals surface area contributed by atoms with Crippen molar-refractivity contribution in [2.45, 2.75) is 78.6 Å². The molecule has 0 aliphatic heterocycles. The van der Waals surface area contributed by atoms with Crippen LogP contribution in [0.5, 0.6) is 0 Å². The van der Waals surface area contributed by atoms with E-state index in [0.717, 1.165) is 17.8 Å². The fourth-order valence-electron chi connectivity index (χ4n) is 3.65. The van der Waals surface area contributed by atoms with Gasteiger partial charge < -0.3 is 5.32 Å². The van der Waals surface area contributed by atoms with Gasteiger partial charge in [0.2, 0.25) is 0 Å². The predicted octanol–water partition coefficient (Wildman–Crippen LogP) is 5.01. The summed E-state index contributed by atoms with van der Waals surface area (Å²) in [7, 11) is 0. The largest absolute Gasteiger partial charge is 0.316 e. The highest BCUT2D eigenvalue weighted by Crippen LogP contribution is 2.38. The fraction of sp³-hybridized carbons (Fsp3) is 1.00. The lowest BCUT2D eigenvalue weighted by atomic mass is 9.71. The van der Waals surface area contributed by atoms with Crippen molar-refractivity contribution in [3.05, 3.63) is 0 Å². The molecular weight excluding hydrogens is 218 g/mol. The van der Waals surface area contributed by atoms with Gasteiger partial charge in [0.1, 0.15) is 0 Å². The van der Waals surface area contributed by atoms with Crippen LogP contribution < -0.4 is 5.32 Å². The van der Waals surface area contributed by atoms with Gasteiger partial charge in [0.15, 0.2) is 0 Å². The Kier molecular flexibility index (Phi) is 8.75. The maximum absolute atomic E-state index is 3.66. The third kappa shape index (κ3) is 5.73. The molecule has 1 nitrogen and oxygen atoms in total. The van der Waals surface area contributed by atoms with E-state index >= 15 is 0 Å². The standard InChI is InChI=1S/C17H35N/c1-4-7-9-16-13-15(8-5-2)10-11-17(16)14-18-12-6-3/h15-18H,4-14H2,1-3H3. The Balaban J connectivity index is 2.37. The quantitative estimate of drug-likeness (QED) is 0.570. The monoisotopic (exact) mass is 253 g/mol. The van der Waals surface area contributed by atoms with Crippen molar-refractivity contribution in [1.29, 1.82) is 0 Å². The summed E-state index contributed by atoms with van der Waals surface area (Å²) in [6.07, 6.45) is 12.9. The van der Waals surface area contributed by atoms with Crippen LogP contribution in [0.15, 0.2) is 0 Å². The smallest absolute Gasteiger partial charge is 0.00179 e. The van der Waals surface area contributed by atoms with Gasteiger partial charge in [0, 0.05) is 0 Å². The van der Waals surface area contributed by atoms with Crippen LogP contribution in [0.1, 0.15) is 78.6 Å². The van der Waals surface area contributed by atoms with Crippen LogP contribution in [0.3, 0.4) is 0 Å². The summed E-state index contributed by atoms with van der Waals surface area (Å²) >= 11 is 0. The lowest BCUT2D eigenvalue weighted by Crippen LogP contribution is -2.33. The Labute approximate surface area is 115 Å². The van der Waals surface area contributed by atoms with Crippen molar-refractivity contribution in [1.82, 2.24) is 5.32 Å². The van der Waals surface area contributed by atoms with E-state index in [1.807, 2.05) is 0 Å². The minimum atomic E-state index is 0.969. The molecule has 0 bridgehead atoms. The van der Waals surface area contributed by atoms with Crippen molar-refractivity contribution in [3.63, 3.8) is 0 Å². The second kappa shape index (κ2) is 9.83. The van der Waals surface area contributed by atoms with Crippen molar-refractivity contribution in [3.8, 4) is 0 Å². The second-order valence-corrected chi connectivity index (χ2v) is 6.33. The van der Waals surface area contributed by atoms with E-state index in [1.54, 1.807) is 0 Å². The summed E-state index contributed by atoms with van der Waals surface area (Å²) in [5, 5.41) is 3.66. The van der Waals surface area contributed by atoms with E-state index in [4.69, 9.17) is 0 Å². The Bertz CT molecular complexity index is 190. The predicted molar refractivity (Wildman–Crippen MR) is 81.9 cm³/mol. The fourth-order valence-corrected chi connectivity index (χ4v) is 3.65. The third-order valence-electron chi connectivity index (χ3n) is 4.71. The van der Waals surface area contributed by atoms with Crippen molar-refractivity contribution < 1.29 is 0 Å². The van der Waals surface area contributed by atoms with Gasteiger partial charge in [0.25, 0.3) is 0 Å². The Morgan fingerprint density at radius 3 is 2.39 bits per heavy atom. The second-order valence-electron chi connectivity index (χ2n) is 6.33. The minimum Gasteiger partial charge on any atom is -0.316 e. The van der Waals surface area contributed by atoms with Crippen LogP contribution >= 0.6 is 0 Å². The summed E-state index contributed by atoms with van der Waals surface area (Å²) < 4.78 is 0. The van der Waals surface area contributed by atoms with Gasteiger partial charge in [-0.25, -0.2) is 0 Å². The molecule has 3 atom stereocenters. The van der Waals surface area contributed by atoms with Crippen LogP contribution in [0, 0.1) is 17.8 Å². The molecule has 108 valence electrons. The Hall–Kier alpha value is -0.0400. The van der Waals surface area contributed by atoms with Crippen molar-refractivity contribution >= 4 is 0 Å². The lowest BCUT2D eigenvalue weighted by molar-refractivity contribution is 0.157. The van der Waals surface area contributed by atoms with Gasteiger partial charge >= 0.3 is 0 Å². The lowest BCUT2D eigenvalue weighted by Gasteiger charge is -2.36. The van der Waals surface area contributed by atoms with Gasteiger partial charge in [-0.3, -0.25) is 0 Å². The molecule has 1 fully saturated rings. The van der Waals surface area contributed by atoms with Gasteiger partial charge in [-0.15, -0.1) is 0 Å². The third-order valence-corrected chi connectivity index (χ3v) is 4.71. The SMILES string of the molecule is CCCCC1CC(CCC)CCC1CNCCC. The number of hydrogen-bond acceptors (Lipinski definition) is 1. The summed E-state index contributed by atoms with van der Waals surface area (Å²) in [4.78, 5) is 0. The number of unbranched alkanes of at least 4 members (excludes halogenated alkanes) is 1. The van der Waals surface area contributed by atoms with Crippen LogP contribution in [-0.2, 0) is 0 Å². The first-order valence-corrected chi connectivity index (χ1v) is 8.52. The van der Waals surface area contributed by atoms with Crippen LogP contribution in [0.25, 0.3) is 0 Å². The van der Waals surface area contributed by atoms with E-state index in [-0.39, 0.29) is 0 Å². The van der Waals surface area contributed by atoms with Crippen LogP contribution in [0.4, 0.5) is 0 Å². The molecule has 0 saturated heterocycles. The average molecular weight is 253 g/mol. The zero-order chi connectivity index (χ0) is 13.2. The van der Waals surface area contributed by atoms with E-state index < -0.39 is 0 Å². The molecule has 0 amide bonds. The normalized spacial score (nSPS) is 28.5. The topological polar surface area (TPSA) is 12.0 Å². The maximum Gasteiger partial charge on any atom is -0.00179 e. The highest BCUT2D eigenvalue weighted by molar-refractivity contribution is 4.81. The first-order chi connectivity index (χ1) is 8.81. The first kappa shape index (κ1) is 16.0. The Morgan fingerprint density at radius 2 is 1.72 bits per heavy atom. The number of nitrogens with one attached hydrogen (secondary N) is 1. The van der Waals surface area contributed by atoms with Gasteiger partial charge in [-0.2, -0.15) is 0 Å². The molecule has 1 N–H and O–H groups in total. The molecule has 1 saturated carbocycles. The highest BCUT2D eigenvalue weighted by Gasteiger charge is 2.29. The van der Waals surface area contributed by atoms with Crippen molar-refractivity contribution in [2.75, 3.05) is 13.1 Å². The molecule has 0 radical (unpaired) electrons. The number of hydrogen-bond donors (Lipinski definition) is 1. The summed E-state index contributed by atoms with van der Waals surface area (Å²) in [6.45, 7) is 9.42. The summed E-state index contributed by atoms with van der Waals surface area (Å²) in [6, 6.07) is 0. The molecule has 1 rings (SSSR count). The van der Waals surface area contributed by atoms with Crippen molar-refractivity contribution in [2.24, 2.45) is 17.8 Å². The van der Waals surface area contributed by atoms with Gasteiger partial charge in [0.05, 0.1) is 0 Å². The molecule has 0 aromatic carbocycles. The van der Waals surface area contributed by atoms with Crippen LogP contribution in [0.2, 0.25) is 0 Å². The van der Waals surface area contributed by atoms with Gasteiger partial charge in [-0.1, -0.05) is 59.3 Å². The molecule has 0 aromatic heterocycles. The molecule has 1 aliphatic carbocycles. The molecule has 3 unspecified atom stereocenters. The van der Waals surface area contributed by atoms with E-state index in [1.165, 1.54) is 70.9 Å². The molecule has 1 aliphatic rings. The average Bonchev–Trinajstić information content (AvgIpc) is 2.39. The summed E-state index contributed by atoms with van der Waals surface area (Å²) in [5.41, 5.74) is 0. The summed E-state index contributed by atoms with van der Waals surface area (Å²) in [5.74, 6) is 3.02. The highest BCUT2D eigenvalue weighted by atomic mass is 14.9. The molecule has 0 heterocycles. The van der Waals surface area contributed by atoms with E-state index in [9.17, 15) is 0 Å². The van der Waals surface area contributed by atoms with E-state index in [2.05, 4.69) is 26.1 Å². The molecule has 1 heteroatoms. The number of rotatable bonds is 9.